The number of benzene rings is 2. The summed E-state index contributed by atoms with van der Waals surface area (Å²) in [4.78, 5) is 13.5. The molecule has 5 nitrogen and oxygen atoms in total. The first kappa shape index (κ1) is 21.1. The van der Waals surface area contributed by atoms with E-state index >= 15 is 0 Å². The number of aromatic nitrogens is 3. The predicted molar refractivity (Wildman–Crippen MR) is 106 cm³/mol. The second kappa shape index (κ2) is 8.54. The monoisotopic (exact) mass is 449 g/mol. The molecule has 0 fully saturated rings. The highest BCUT2D eigenvalue weighted by Crippen LogP contribution is 2.35. The summed E-state index contributed by atoms with van der Waals surface area (Å²) in [5.74, 6) is -0.0960. The van der Waals surface area contributed by atoms with Gasteiger partial charge in [-0.05, 0) is 60.6 Å². The van der Waals surface area contributed by atoms with E-state index in [-0.39, 0.29) is 28.2 Å². The fraction of sp³-hybridized carbons (Fsp3) is 0.190. The molecule has 2 heterocycles. The summed E-state index contributed by atoms with van der Waals surface area (Å²) < 4.78 is 63.2. The molecule has 0 saturated heterocycles. The largest absolute Gasteiger partial charge is 0.476 e. The third kappa shape index (κ3) is 4.79. The van der Waals surface area contributed by atoms with Crippen molar-refractivity contribution in [2.24, 2.45) is 0 Å². The third-order valence-electron chi connectivity index (χ3n) is 4.11. The van der Waals surface area contributed by atoms with Crippen LogP contribution >= 0.6 is 11.8 Å². The molecule has 0 radical (unpaired) electrons. The number of ether oxygens (including phenoxy) is 1. The van der Waals surface area contributed by atoms with Crippen LogP contribution in [-0.4, -0.2) is 21.6 Å². The van der Waals surface area contributed by atoms with Crippen molar-refractivity contribution in [3.8, 4) is 17.3 Å². The first-order chi connectivity index (χ1) is 14.8. The number of nitrogens with zero attached hydrogens (tertiary/aromatic N) is 3. The van der Waals surface area contributed by atoms with Gasteiger partial charge in [-0.1, -0.05) is 13.0 Å². The smallest absolute Gasteiger partial charge is 0.416 e. The Morgan fingerprint density at radius 3 is 2.48 bits per heavy atom. The van der Waals surface area contributed by atoms with Crippen molar-refractivity contribution >= 4 is 23.0 Å². The van der Waals surface area contributed by atoms with Crippen LogP contribution in [0.5, 0.6) is 5.88 Å². The van der Waals surface area contributed by atoms with Gasteiger partial charge >= 0.3 is 6.18 Å². The van der Waals surface area contributed by atoms with Gasteiger partial charge in [-0.15, -0.1) is 0 Å². The molecule has 0 unspecified atom stereocenters. The maximum absolute atomic E-state index is 13.6. The average molecular weight is 449 g/mol. The predicted octanol–water partition coefficient (Wildman–Crippen LogP) is 6.38. The fourth-order valence-electron chi connectivity index (χ4n) is 2.69. The van der Waals surface area contributed by atoms with E-state index in [4.69, 9.17) is 9.15 Å². The van der Waals surface area contributed by atoms with Gasteiger partial charge in [0.05, 0.1) is 12.2 Å². The molecule has 160 valence electrons. The van der Waals surface area contributed by atoms with E-state index in [1.54, 1.807) is 6.07 Å². The topological polar surface area (TPSA) is 61.0 Å². The zero-order valence-corrected chi connectivity index (χ0v) is 16.9. The van der Waals surface area contributed by atoms with Crippen LogP contribution in [0.4, 0.5) is 17.6 Å². The molecule has 2 aromatic carbocycles. The van der Waals surface area contributed by atoms with Crippen molar-refractivity contribution in [1.82, 2.24) is 15.0 Å². The lowest BCUT2D eigenvalue weighted by atomic mass is 10.2. The number of fused-ring (bicyclic) bond motifs is 1. The Labute approximate surface area is 178 Å². The van der Waals surface area contributed by atoms with Gasteiger partial charge < -0.3 is 9.15 Å². The van der Waals surface area contributed by atoms with E-state index in [0.717, 1.165) is 30.3 Å². The molecule has 0 spiro atoms. The lowest BCUT2D eigenvalue weighted by Crippen LogP contribution is -2.04. The first-order valence-corrected chi connectivity index (χ1v) is 10.1. The summed E-state index contributed by atoms with van der Waals surface area (Å²) in [6.07, 6.45) is -3.69. The van der Waals surface area contributed by atoms with E-state index in [2.05, 4.69) is 15.0 Å². The fourth-order valence-corrected chi connectivity index (χ4v) is 3.43. The number of rotatable bonds is 6. The average Bonchev–Trinajstić information content (AvgIpc) is 3.16. The van der Waals surface area contributed by atoms with Gasteiger partial charge in [0, 0.05) is 10.5 Å². The molecule has 0 aliphatic rings. The summed E-state index contributed by atoms with van der Waals surface area (Å²) in [5.41, 5.74) is 0.103. The molecule has 0 bridgehead atoms. The van der Waals surface area contributed by atoms with Crippen LogP contribution in [0, 0.1) is 5.82 Å². The van der Waals surface area contributed by atoms with Gasteiger partial charge in [0.1, 0.15) is 5.82 Å². The highest BCUT2D eigenvalue weighted by atomic mass is 32.2. The Kier molecular flexibility index (Phi) is 5.81. The van der Waals surface area contributed by atoms with E-state index in [1.807, 2.05) is 6.92 Å². The number of alkyl halides is 3. The van der Waals surface area contributed by atoms with Crippen LogP contribution in [0.3, 0.4) is 0 Å². The first-order valence-electron chi connectivity index (χ1n) is 9.26. The Hall–Kier alpha value is -3.14. The van der Waals surface area contributed by atoms with Crippen LogP contribution in [0.25, 0.3) is 22.7 Å². The van der Waals surface area contributed by atoms with Crippen LogP contribution in [0.15, 0.2) is 63.0 Å². The Morgan fingerprint density at radius 1 is 1.03 bits per heavy atom. The van der Waals surface area contributed by atoms with Gasteiger partial charge in [-0.3, -0.25) is 0 Å². The van der Waals surface area contributed by atoms with Crippen LogP contribution < -0.4 is 4.74 Å². The molecular weight excluding hydrogens is 434 g/mol. The molecule has 0 aliphatic heterocycles. The zero-order valence-electron chi connectivity index (χ0n) is 16.1. The Bertz CT molecular complexity index is 1210. The summed E-state index contributed by atoms with van der Waals surface area (Å²) >= 11 is 1.06. The van der Waals surface area contributed by atoms with Gasteiger partial charge in [-0.25, -0.2) is 9.37 Å². The minimum atomic E-state index is -4.41. The highest BCUT2D eigenvalue weighted by molar-refractivity contribution is 7.99. The van der Waals surface area contributed by atoms with E-state index in [1.165, 1.54) is 30.3 Å². The van der Waals surface area contributed by atoms with Crippen molar-refractivity contribution in [3.63, 3.8) is 0 Å². The Morgan fingerprint density at radius 2 is 1.81 bits per heavy atom. The van der Waals surface area contributed by atoms with Crippen molar-refractivity contribution in [1.29, 1.82) is 0 Å². The molecule has 2 aromatic heterocycles. The van der Waals surface area contributed by atoms with Crippen LogP contribution in [-0.2, 0) is 6.18 Å². The van der Waals surface area contributed by atoms with Crippen LogP contribution in [0.1, 0.15) is 18.9 Å². The number of hydrogen-bond acceptors (Lipinski definition) is 6. The minimum Gasteiger partial charge on any atom is -0.476 e. The minimum absolute atomic E-state index is 0.134. The molecule has 0 N–H and O–H groups in total. The van der Waals surface area contributed by atoms with E-state index < -0.39 is 17.6 Å². The number of halogens is 4. The second-order valence-electron chi connectivity index (χ2n) is 6.47. The molecule has 10 heteroatoms. The SMILES string of the molecule is CCCOc1nc(Sc2ccc(C(F)(F)F)cc2)nc2oc(-c3cccc(F)c3)nc12. The van der Waals surface area contributed by atoms with Crippen molar-refractivity contribution in [2.45, 2.75) is 29.6 Å². The molecule has 0 saturated carbocycles. The van der Waals surface area contributed by atoms with Gasteiger partial charge in [-0.2, -0.15) is 23.1 Å². The lowest BCUT2D eigenvalue weighted by molar-refractivity contribution is -0.137. The second-order valence-corrected chi connectivity index (χ2v) is 7.51. The quantitative estimate of drug-likeness (QED) is 0.251. The molecule has 0 aliphatic carbocycles. The maximum atomic E-state index is 13.6. The van der Waals surface area contributed by atoms with Crippen molar-refractivity contribution in [3.05, 3.63) is 59.9 Å². The third-order valence-corrected chi connectivity index (χ3v) is 4.98. The molecule has 0 atom stereocenters. The van der Waals surface area contributed by atoms with E-state index in [0.29, 0.717) is 17.1 Å². The van der Waals surface area contributed by atoms with Gasteiger partial charge in [0.25, 0.3) is 5.71 Å². The summed E-state index contributed by atoms with van der Waals surface area (Å²) in [7, 11) is 0. The Balaban J connectivity index is 1.70. The standard InChI is InChI=1S/C21H15F4N3O2S/c1-2-10-29-18-16-19(30-17(26-16)12-4-3-5-14(22)11-12)28-20(27-18)31-15-8-6-13(7-9-15)21(23,24)25/h3-9,11H,2,10H2,1H3. The normalized spacial score (nSPS) is 11.8. The number of hydrogen-bond donors (Lipinski definition) is 0. The molecule has 31 heavy (non-hydrogen) atoms. The highest BCUT2D eigenvalue weighted by Gasteiger charge is 2.30. The summed E-state index contributed by atoms with van der Waals surface area (Å²) in [6.45, 7) is 2.30. The zero-order chi connectivity index (χ0) is 22.0. The molecule has 0 amide bonds. The van der Waals surface area contributed by atoms with Gasteiger partial charge in [0.2, 0.25) is 11.8 Å². The van der Waals surface area contributed by atoms with Crippen molar-refractivity contribution < 1.29 is 26.7 Å². The summed E-state index contributed by atoms with van der Waals surface area (Å²) in [5, 5.41) is 0.223. The number of oxazole rings is 1. The lowest BCUT2D eigenvalue weighted by Gasteiger charge is -2.08. The van der Waals surface area contributed by atoms with Crippen molar-refractivity contribution in [2.75, 3.05) is 6.61 Å². The van der Waals surface area contributed by atoms with E-state index in [9.17, 15) is 17.6 Å². The summed E-state index contributed by atoms with van der Waals surface area (Å²) in [6, 6.07) is 10.4. The molecule has 4 aromatic rings. The maximum Gasteiger partial charge on any atom is 0.416 e. The molecule has 4 rings (SSSR count). The van der Waals surface area contributed by atoms with Gasteiger partial charge in [0.15, 0.2) is 10.7 Å². The molecular formula is C21H15F4N3O2S. The van der Waals surface area contributed by atoms with Crippen LogP contribution in [0.2, 0.25) is 0 Å².